The zero-order valence-corrected chi connectivity index (χ0v) is 11.2. The highest BCUT2D eigenvalue weighted by atomic mass is 79.9. The third-order valence-electron chi connectivity index (χ3n) is 3.05. The average molecular weight is 306 g/mol. The Bertz CT molecular complexity index is 380. The van der Waals surface area contributed by atoms with E-state index in [0.29, 0.717) is 5.02 Å². The molecule has 0 aromatic carbocycles. The maximum absolute atomic E-state index is 9.49. The van der Waals surface area contributed by atoms with Crippen LogP contribution >= 0.6 is 27.5 Å². The number of aliphatic hydroxyl groups excluding tert-OH is 1. The van der Waals surface area contributed by atoms with Crippen molar-refractivity contribution < 1.29 is 5.11 Å². The molecule has 0 aliphatic heterocycles. The Labute approximate surface area is 108 Å². The number of aromatic nitrogens is 1. The maximum atomic E-state index is 9.49. The van der Waals surface area contributed by atoms with Crippen LogP contribution in [0.1, 0.15) is 25.7 Å². The van der Waals surface area contributed by atoms with Crippen molar-refractivity contribution in [3.8, 4) is 0 Å². The van der Waals surface area contributed by atoms with Crippen LogP contribution in [-0.2, 0) is 0 Å². The third-order valence-corrected chi connectivity index (χ3v) is 3.87. The molecule has 5 heteroatoms. The van der Waals surface area contributed by atoms with Crippen LogP contribution < -0.4 is 5.32 Å². The van der Waals surface area contributed by atoms with E-state index >= 15 is 0 Å². The minimum absolute atomic E-state index is 0.143. The van der Waals surface area contributed by atoms with Gasteiger partial charge >= 0.3 is 0 Å². The molecule has 88 valence electrons. The van der Waals surface area contributed by atoms with Gasteiger partial charge in [-0.3, -0.25) is 0 Å². The van der Waals surface area contributed by atoms with Gasteiger partial charge in [0.2, 0.25) is 0 Å². The number of hydrogen-bond donors (Lipinski definition) is 2. The van der Waals surface area contributed by atoms with E-state index < -0.39 is 0 Å². The Morgan fingerprint density at radius 2 is 2.19 bits per heavy atom. The van der Waals surface area contributed by atoms with E-state index in [1.165, 1.54) is 0 Å². The minimum Gasteiger partial charge on any atom is -0.394 e. The van der Waals surface area contributed by atoms with Gasteiger partial charge in [0, 0.05) is 6.20 Å². The number of nitrogens with zero attached hydrogens (tertiary/aromatic N) is 1. The van der Waals surface area contributed by atoms with Crippen molar-refractivity contribution >= 4 is 33.3 Å². The van der Waals surface area contributed by atoms with Gasteiger partial charge in [-0.25, -0.2) is 4.98 Å². The summed E-state index contributed by atoms with van der Waals surface area (Å²) in [5, 5.41) is 13.4. The topological polar surface area (TPSA) is 45.1 Å². The molecule has 0 spiro atoms. The number of aliphatic hydroxyl groups is 1. The van der Waals surface area contributed by atoms with Gasteiger partial charge in [0.05, 0.1) is 21.6 Å². The highest BCUT2D eigenvalue weighted by molar-refractivity contribution is 9.10. The smallest absolute Gasteiger partial charge is 0.140 e. The van der Waals surface area contributed by atoms with Crippen molar-refractivity contribution in [3.63, 3.8) is 0 Å². The minimum atomic E-state index is -0.205. The Morgan fingerprint density at radius 1 is 1.50 bits per heavy atom. The van der Waals surface area contributed by atoms with E-state index in [1.54, 1.807) is 12.3 Å². The average Bonchev–Trinajstić information content (AvgIpc) is 2.72. The Balaban J connectivity index is 2.19. The lowest BCUT2D eigenvalue weighted by molar-refractivity contribution is 0.213. The fraction of sp³-hybridized carbons (Fsp3) is 0.545. The zero-order valence-electron chi connectivity index (χ0n) is 8.84. The Kier molecular flexibility index (Phi) is 3.72. The molecule has 3 nitrogen and oxygen atoms in total. The predicted octanol–water partition coefficient (Wildman–Crippen LogP) is 3.21. The van der Waals surface area contributed by atoms with Crippen molar-refractivity contribution in [2.75, 3.05) is 11.9 Å². The molecule has 16 heavy (non-hydrogen) atoms. The molecule has 2 rings (SSSR count). The van der Waals surface area contributed by atoms with Gasteiger partial charge in [-0.05, 0) is 34.8 Å². The molecule has 1 heterocycles. The van der Waals surface area contributed by atoms with Gasteiger partial charge in [0.1, 0.15) is 5.82 Å². The maximum Gasteiger partial charge on any atom is 0.140 e. The molecule has 1 aliphatic rings. The molecule has 0 unspecified atom stereocenters. The highest BCUT2D eigenvalue weighted by Gasteiger charge is 2.33. The zero-order chi connectivity index (χ0) is 11.6. The van der Waals surface area contributed by atoms with Crippen LogP contribution in [0.4, 0.5) is 5.82 Å². The number of hydrogen-bond acceptors (Lipinski definition) is 3. The lowest BCUT2D eigenvalue weighted by atomic mass is 9.99. The van der Waals surface area contributed by atoms with Crippen molar-refractivity contribution in [3.05, 3.63) is 21.8 Å². The highest BCUT2D eigenvalue weighted by Crippen LogP contribution is 2.34. The van der Waals surface area contributed by atoms with Crippen LogP contribution in [0.3, 0.4) is 0 Å². The molecular formula is C11H14BrClN2O. The molecule has 0 saturated heterocycles. The lowest BCUT2D eigenvalue weighted by Crippen LogP contribution is -2.39. The summed E-state index contributed by atoms with van der Waals surface area (Å²) in [5.74, 6) is 0.750. The van der Waals surface area contributed by atoms with Gasteiger partial charge in [-0.2, -0.15) is 0 Å². The van der Waals surface area contributed by atoms with Crippen LogP contribution in [-0.4, -0.2) is 22.2 Å². The first-order chi connectivity index (χ1) is 7.65. The van der Waals surface area contributed by atoms with Gasteiger partial charge in [0.25, 0.3) is 0 Å². The first kappa shape index (κ1) is 12.1. The molecular weight excluding hydrogens is 291 g/mol. The second-order valence-electron chi connectivity index (χ2n) is 4.25. The van der Waals surface area contributed by atoms with E-state index in [9.17, 15) is 5.11 Å². The van der Waals surface area contributed by atoms with Crippen LogP contribution in [0.15, 0.2) is 16.7 Å². The second kappa shape index (κ2) is 4.90. The van der Waals surface area contributed by atoms with Crippen molar-refractivity contribution in [1.82, 2.24) is 4.98 Å². The molecule has 1 aliphatic carbocycles. The summed E-state index contributed by atoms with van der Waals surface area (Å²) < 4.78 is 0.833. The van der Waals surface area contributed by atoms with E-state index in [2.05, 4.69) is 26.2 Å². The van der Waals surface area contributed by atoms with Gasteiger partial charge in [-0.1, -0.05) is 24.4 Å². The van der Waals surface area contributed by atoms with E-state index in [1.807, 2.05) is 0 Å². The normalized spacial score (nSPS) is 18.7. The molecule has 1 fully saturated rings. The lowest BCUT2D eigenvalue weighted by Gasteiger charge is -2.29. The van der Waals surface area contributed by atoms with Crippen molar-refractivity contribution in [2.45, 2.75) is 31.2 Å². The van der Waals surface area contributed by atoms with Crippen LogP contribution in [0.5, 0.6) is 0 Å². The number of anilines is 1. The summed E-state index contributed by atoms with van der Waals surface area (Å²) in [6, 6.07) is 1.80. The van der Waals surface area contributed by atoms with Crippen molar-refractivity contribution in [1.29, 1.82) is 0 Å². The molecule has 2 N–H and O–H groups in total. The van der Waals surface area contributed by atoms with E-state index in [4.69, 9.17) is 11.6 Å². The predicted molar refractivity (Wildman–Crippen MR) is 68.9 cm³/mol. The summed E-state index contributed by atoms with van der Waals surface area (Å²) in [7, 11) is 0. The summed E-state index contributed by atoms with van der Waals surface area (Å²) in [4.78, 5) is 4.23. The third kappa shape index (κ3) is 2.50. The monoisotopic (exact) mass is 304 g/mol. The molecule has 0 bridgehead atoms. The fourth-order valence-corrected chi connectivity index (χ4v) is 2.87. The number of pyridine rings is 1. The van der Waals surface area contributed by atoms with E-state index in [-0.39, 0.29) is 12.1 Å². The van der Waals surface area contributed by atoms with Gasteiger partial charge in [-0.15, -0.1) is 0 Å². The largest absolute Gasteiger partial charge is 0.394 e. The number of rotatable bonds is 3. The molecule has 1 aromatic heterocycles. The quantitative estimate of drug-likeness (QED) is 0.901. The molecule has 0 atom stereocenters. The first-order valence-corrected chi connectivity index (χ1v) is 6.52. The van der Waals surface area contributed by atoms with Gasteiger partial charge < -0.3 is 10.4 Å². The standard InChI is InChI=1S/C11H14BrClN2O/c12-9-5-8(13)6-14-10(9)15-11(7-16)3-1-2-4-11/h5-6,16H,1-4,7H2,(H,14,15). The van der Waals surface area contributed by atoms with Crippen LogP contribution in [0.25, 0.3) is 0 Å². The summed E-state index contributed by atoms with van der Waals surface area (Å²) in [6.45, 7) is 0.143. The SMILES string of the molecule is OCC1(Nc2ncc(Cl)cc2Br)CCCC1. The van der Waals surface area contributed by atoms with Gasteiger partial charge in [0.15, 0.2) is 0 Å². The molecule has 0 amide bonds. The van der Waals surface area contributed by atoms with E-state index in [0.717, 1.165) is 36.0 Å². The first-order valence-electron chi connectivity index (χ1n) is 5.35. The Hall–Kier alpha value is -0.320. The molecule has 1 aromatic rings. The summed E-state index contributed by atoms with van der Waals surface area (Å²) in [5.41, 5.74) is -0.205. The second-order valence-corrected chi connectivity index (χ2v) is 5.55. The van der Waals surface area contributed by atoms with Crippen LogP contribution in [0, 0.1) is 0 Å². The summed E-state index contributed by atoms with van der Waals surface area (Å²) >= 11 is 9.25. The number of halogens is 2. The molecule has 0 radical (unpaired) electrons. The summed E-state index contributed by atoms with van der Waals surface area (Å²) in [6.07, 6.45) is 5.88. The Morgan fingerprint density at radius 3 is 2.75 bits per heavy atom. The fourth-order valence-electron chi connectivity index (χ4n) is 2.13. The van der Waals surface area contributed by atoms with Crippen LogP contribution in [0.2, 0.25) is 5.02 Å². The van der Waals surface area contributed by atoms with Crippen molar-refractivity contribution in [2.24, 2.45) is 0 Å². The number of nitrogens with one attached hydrogen (secondary N) is 1. The molecule has 1 saturated carbocycles.